The van der Waals surface area contributed by atoms with E-state index in [0.717, 1.165) is 49.3 Å². The first-order chi connectivity index (χ1) is 18.0. The number of nitrogens with one attached hydrogen (secondary N) is 3. The van der Waals surface area contributed by atoms with Gasteiger partial charge in [-0.2, -0.15) is 0 Å². The minimum Gasteiger partial charge on any atom is -0.480 e. The maximum atomic E-state index is 12.8. The van der Waals surface area contributed by atoms with E-state index < -0.39 is 24.0 Å². The van der Waals surface area contributed by atoms with Crippen molar-refractivity contribution in [2.75, 3.05) is 25.5 Å². The molecular formula is C27H33N5O5. The maximum absolute atomic E-state index is 12.8. The van der Waals surface area contributed by atoms with Crippen LogP contribution in [-0.4, -0.2) is 59.8 Å². The van der Waals surface area contributed by atoms with Gasteiger partial charge >= 0.3 is 5.97 Å². The summed E-state index contributed by atoms with van der Waals surface area (Å²) < 4.78 is 5.42. The predicted octanol–water partition coefficient (Wildman–Crippen LogP) is 2.70. The van der Waals surface area contributed by atoms with Gasteiger partial charge in [0, 0.05) is 37.9 Å². The fourth-order valence-corrected chi connectivity index (χ4v) is 4.59. The number of rotatable bonds is 12. The van der Waals surface area contributed by atoms with Gasteiger partial charge in [0.05, 0.1) is 5.69 Å². The number of amides is 2. The molecule has 2 atom stereocenters. The summed E-state index contributed by atoms with van der Waals surface area (Å²) in [6.45, 7) is 1.08. The number of carboxylic acid groups (broad SMARTS) is 1. The van der Waals surface area contributed by atoms with Crippen molar-refractivity contribution < 1.29 is 24.2 Å². The number of carbonyl (C=O) groups excluding carboxylic acids is 2. The lowest BCUT2D eigenvalue weighted by atomic mass is 10.1. The number of fused-ring (bicyclic) bond motifs is 2. The molecule has 37 heavy (non-hydrogen) atoms. The molecule has 4 N–H and O–H groups in total. The summed E-state index contributed by atoms with van der Waals surface area (Å²) in [5, 5.41) is 18.2. The lowest BCUT2D eigenvalue weighted by molar-refractivity contribution is -0.141. The Labute approximate surface area is 215 Å². The summed E-state index contributed by atoms with van der Waals surface area (Å²) in [6, 6.07) is 10.2. The third kappa shape index (κ3) is 6.71. The minimum absolute atomic E-state index is 0.0523. The van der Waals surface area contributed by atoms with Crippen LogP contribution in [0.4, 0.5) is 11.5 Å². The third-order valence-electron chi connectivity index (χ3n) is 6.57. The van der Waals surface area contributed by atoms with Crippen LogP contribution >= 0.6 is 0 Å². The van der Waals surface area contributed by atoms with Crippen LogP contribution in [0.2, 0.25) is 0 Å². The summed E-state index contributed by atoms with van der Waals surface area (Å²) in [5.41, 5.74) is 3.76. The van der Waals surface area contributed by atoms with Gasteiger partial charge in [0.1, 0.15) is 23.7 Å². The van der Waals surface area contributed by atoms with Crippen molar-refractivity contribution in [3.8, 4) is 0 Å². The molecule has 196 valence electrons. The highest BCUT2D eigenvalue weighted by Gasteiger charge is 2.33. The standard InChI is InChI=1S/C27H33N5O5/c1-37-24-19-9-3-4-10-20(19)31-23(24)26(34)32-21(27(35)36)14-16-28-22(33)11-5-2-8-18-13-12-17-7-6-15-29-25(17)30-18/h3-4,9-10,12-13,21,24H,2,5-8,11,14-16H2,1H3,(H,28,33)(H,29,30)(H,32,34)(H,35,36). The number of aryl methyl sites for hydroxylation is 2. The highest BCUT2D eigenvalue weighted by atomic mass is 16.5. The number of nitrogens with zero attached hydrogens (tertiary/aromatic N) is 2. The van der Waals surface area contributed by atoms with Crippen LogP contribution in [0.1, 0.15) is 55.0 Å². The van der Waals surface area contributed by atoms with E-state index >= 15 is 0 Å². The number of hydrogen-bond acceptors (Lipinski definition) is 7. The molecule has 0 radical (unpaired) electrons. The zero-order chi connectivity index (χ0) is 26.2. The summed E-state index contributed by atoms with van der Waals surface area (Å²) in [6.07, 6.45) is 4.26. The number of benzene rings is 1. The lowest BCUT2D eigenvalue weighted by Crippen LogP contribution is -2.46. The number of pyridine rings is 1. The van der Waals surface area contributed by atoms with Crippen LogP contribution in [0.25, 0.3) is 0 Å². The molecule has 0 bridgehead atoms. The number of unbranched alkanes of at least 4 members (excludes halogenated alkanes) is 1. The molecule has 10 heteroatoms. The second-order valence-electron chi connectivity index (χ2n) is 9.22. The Morgan fingerprint density at radius 2 is 2.03 bits per heavy atom. The predicted molar refractivity (Wildman–Crippen MR) is 139 cm³/mol. The van der Waals surface area contributed by atoms with E-state index in [1.54, 1.807) is 12.1 Å². The first-order valence-corrected chi connectivity index (χ1v) is 12.7. The molecule has 0 fully saturated rings. The topological polar surface area (TPSA) is 142 Å². The molecule has 2 aromatic rings. The van der Waals surface area contributed by atoms with Gasteiger partial charge in [-0.15, -0.1) is 0 Å². The molecule has 0 saturated carbocycles. The molecule has 1 aromatic carbocycles. The van der Waals surface area contributed by atoms with Crippen LogP contribution in [0.5, 0.6) is 0 Å². The molecule has 2 unspecified atom stereocenters. The zero-order valence-electron chi connectivity index (χ0n) is 21.0. The number of aliphatic carboxylic acids is 1. The summed E-state index contributed by atoms with van der Waals surface area (Å²) >= 11 is 0. The number of carboxylic acids is 1. The van der Waals surface area contributed by atoms with E-state index in [4.69, 9.17) is 4.74 Å². The maximum Gasteiger partial charge on any atom is 0.326 e. The fourth-order valence-electron chi connectivity index (χ4n) is 4.59. The number of anilines is 1. The van der Waals surface area contributed by atoms with Gasteiger partial charge in [-0.3, -0.25) is 9.59 Å². The second kappa shape index (κ2) is 12.4. The summed E-state index contributed by atoms with van der Waals surface area (Å²) in [4.78, 5) is 45.7. The van der Waals surface area contributed by atoms with E-state index in [1.165, 1.54) is 12.7 Å². The molecule has 4 rings (SSSR count). The van der Waals surface area contributed by atoms with Crippen molar-refractivity contribution in [3.05, 3.63) is 53.2 Å². The Balaban J connectivity index is 1.17. The smallest absolute Gasteiger partial charge is 0.326 e. The largest absolute Gasteiger partial charge is 0.480 e. The Bertz CT molecular complexity index is 1180. The molecule has 10 nitrogen and oxygen atoms in total. The molecule has 2 aliphatic heterocycles. The van der Waals surface area contributed by atoms with Gasteiger partial charge < -0.3 is 25.8 Å². The van der Waals surface area contributed by atoms with Crippen molar-refractivity contribution in [1.82, 2.24) is 15.6 Å². The SMILES string of the molecule is COC1C(C(=O)NC(CCNC(=O)CCCCc2ccc3c(n2)NCCC3)C(=O)O)=Nc2ccccc21. The van der Waals surface area contributed by atoms with Gasteiger partial charge in [0.2, 0.25) is 5.91 Å². The normalized spacial score (nSPS) is 16.6. The number of methoxy groups -OCH3 is 1. The van der Waals surface area contributed by atoms with E-state index in [1.807, 2.05) is 12.1 Å². The Hall–Kier alpha value is -3.79. The number of carbonyl (C=O) groups is 3. The molecule has 3 heterocycles. The van der Waals surface area contributed by atoms with E-state index in [9.17, 15) is 19.5 Å². The molecular weight excluding hydrogens is 474 g/mol. The van der Waals surface area contributed by atoms with E-state index in [0.29, 0.717) is 18.5 Å². The number of ether oxygens (including phenoxy) is 1. The van der Waals surface area contributed by atoms with Crippen molar-refractivity contribution >= 4 is 35.0 Å². The summed E-state index contributed by atoms with van der Waals surface area (Å²) in [7, 11) is 1.47. The number of aliphatic imine (C=N–C) groups is 1. The van der Waals surface area contributed by atoms with Crippen molar-refractivity contribution in [2.24, 2.45) is 4.99 Å². The molecule has 0 aliphatic carbocycles. The monoisotopic (exact) mass is 507 g/mol. The first kappa shape index (κ1) is 26.3. The van der Waals surface area contributed by atoms with Crippen LogP contribution in [0.15, 0.2) is 41.4 Å². The van der Waals surface area contributed by atoms with Gasteiger partial charge in [0.15, 0.2) is 0 Å². The lowest BCUT2D eigenvalue weighted by Gasteiger charge is -2.17. The van der Waals surface area contributed by atoms with Crippen molar-refractivity contribution in [3.63, 3.8) is 0 Å². The zero-order valence-corrected chi connectivity index (χ0v) is 21.0. The molecule has 2 aliphatic rings. The Morgan fingerprint density at radius 1 is 1.19 bits per heavy atom. The van der Waals surface area contributed by atoms with Gasteiger partial charge in [-0.1, -0.05) is 24.3 Å². The summed E-state index contributed by atoms with van der Waals surface area (Å²) in [5.74, 6) is -0.957. The minimum atomic E-state index is -1.18. The van der Waals surface area contributed by atoms with Crippen molar-refractivity contribution in [2.45, 2.75) is 57.1 Å². The third-order valence-corrected chi connectivity index (χ3v) is 6.57. The number of para-hydroxylation sites is 1. The van der Waals surface area contributed by atoms with Crippen molar-refractivity contribution in [1.29, 1.82) is 0 Å². The van der Waals surface area contributed by atoms with Crippen LogP contribution in [0.3, 0.4) is 0 Å². The van der Waals surface area contributed by atoms with Crippen LogP contribution in [-0.2, 0) is 32.0 Å². The quantitative estimate of drug-likeness (QED) is 0.324. The molecule has 1 aromatic heterocycles. The molecule has 0 spiro atoms. The molecule has 2 amide bonds. The van der Waals surface area contributed by atoms with E-state index in [2.05, 4.69) is 38.1 Å². The van der Waals surface area contributed by atoms with Gasteiger partial charge in [-0.05, 0) is 56.2 Å². The van der Waals surface area contributed by atoms with Crippen LogP contribution in [0, 0.1) is 0 Å². The Kier molecular flexibility index (Phi) is 8.84. The van der Waals surface area contributed by atoms with Gasteiger partial charge in [-0.25, -0.2) is 14.8 Å². The average Bonchev–Trinajstić information content (AvgIpc) is 3.29. The highest BCUT2D eigenvalue weighted by molar-refractivity contribution is 6.42. The number of aromatic nitrogens is 1. The van der Waals surface area contributed by atoms with Crippen LogP contribution < -0.4 is 16.0 Å². The average molecular weight is 508 g/mol. The van der Waals surface area contributed by atoms with Gasteiger partial charge in [0.25, 0.3) is 5.91 Å². The van der Waals surface area contributed by atoms with E-state index in [-0.39, 0.29) is 24.6 Å². The fraction of sp³-hybridized carbons (Fsp3) is 0.444. The molecule has 0 saturated heterocycles. The second-order valence-corrected chi connectivity index (χ2v) is 9.22. The Morgan fingerprint density at radius 3 is 2.84 bits per heavy atom. The first-order valence-electron chi connectivity index (χ1n) is 12.7. The highest BCUT2D eigenvalue weighted by Crippen LogP contribution is 2.35. The number of hydrogen-bond donors (Lipinski definition) is 4.